The molecule has 0 atom stereocenters. The Morgan fingerprint density at radius 1 is 1.37 bits per heavy atom. The normalized spacial score (nSPS) is 10.2. The molecule has 0 radical (unpaired) electrons. The number of nitrogens with two attached hydrogens (primary N) is 1. The highest BCUT2D eigenvalue weighted by molar-refractivity contribution is 9.10. The molecule has 6 heteroatoms. The first-order chi connectivity index (χ1) is 9.04. The molecule has 19 heavy (non-hydrogen) atoms. The monoisotopic (exact) mass is 344 g/mol. The second kappa shape index (κ2) is 8.24. The predicted octanol–water partition coefficient (Wildman–Crippen LogP) is 2.21. The van der Waals surface area contributed by atoms with E-state index in [1.807, 2.05) is 12.1 Å². The fourth-order valence-corrected chi connectivity index (χ4v) is 1.89. The van der Waals surface area contributed by atoms with Crippen LogP contribution in [0.5, 0.6) is 0 Å². The molecule has 0 spiro atoms. The summed E-state index contributed by atoms with van der Waals surface area (Å²) >= 11 is 8.19. The summed E-state index contributed by atoms with van der Waals surface area (Å²) in [7, 11) is 1.61. The third-order valence-corrected chi connectivity index (χ3v) is 3.30. The Morgan fingerprint density at radius 2 is 2.00 bits per heavy atom. The lowest BCUT2D eigenvalue weighted by atomic mass is 10.2. The van der Waals surface area contributed by atoms with Gasteiger partial charge in [0, 0.05) is 36.7 Å². The number of methoxy groups -OCH3 is 1. The summed E-state index contributed by atoms with van der Waals surface area (Å²) in [4.78, 5) is 14.5. The molecule has 104 valence electrons. The number of ether oxygens (including phenoxy) is 1. The van der Waals surface area contributed by atoms with Crippen LogP contribution in [0.1, 0.15) is 16.8 Å². The van der Waals surface area contributed by atoms with Crippen molar-refractivity contribution in [3.63, 3.8) is 0 Å². The lowest BCUT2D eigenvalue weighted by Crippen LogP contribution is -2.36. The average Bonchev–Trinajstić information content (AvgIpc) is 2.39. The minimum atomic E-state index is -0.0409. The van der Waals surface area contributed by atoms with Crippen molar-refractivity contribution in [2.75, 3.05) is 26.8 Å². The van der Waals surface area contributed by atoms with Gasteiger partial charge in [-0.05, 0) is 24.3 Å². The zero-order valence-electron chi connectivity index (χ0n) is 10.8. The molecule has 1 aromatic carbocycles. The van der Waals surface area contributed by atoms with Gasteiger partial charge in [0.15, 0.2) is 0 Å². The largest absolute Gasteiger partial charge is 0.393 e. The zero-order chi connectivity index (χ0) is 14.3. The van der Waals surface area contributed by atoms with Gasteiger partial charge in [-0.3, -0.25) is 4.79 Å². The molecule has 2 N–H and O–H groups in total. The fourth-order valence-electron chi connectivity index (χ4n) is 1.54. The van der Waals surface area contributed by atoms with Crippen molar-refractivity contribution in [1.29, 1.82) is 0 Å². The van der Waals surface area contributed by atoms with E-state index in [0.717, 1.165) is 4.47 Å². The minimum Gasteiger partial charge on any atom is -0.393 e. The molecular formula is C13H17BrN2O2S. The van der Waals surface area contributed by atoms with E-state index in [9.17, 15) is 4.79 Å². The minimum absolute atomic E-state index is 0.0409. The van der Waals surface area contributed by atoms with E-state index in [0.29, 0.717) is 36.7 Å². The molecule has 1 aromatic rings. The summed E-state index contributed by atoms with van der Waals surface area (Å²) in [6.07, 6.45) is 0.515. The van der Waals surface area contributed by atoms with Crippen LogP contribution in [0.25, 0.3) is 0 Å². The summed E-state index contributed by atoms with van der Waals surface area (Å²) in [5.74, 6) is -0.0409. The molecule has 0 saturated heterocycles. The molecule has 0 bridgehead atoms. The SMILES string of the molecule is COCCN(CCC(N)=S)C(=O)c1ccc(Br)cc1. The number of hydrogen-bond acceptors (Lipinski definition) is 3. The number of carbonyl (C=O) groups excluding carboxylic acids is 1. The Kier molecular flexibility index (Phi) is 6.97. The molecule has 0 aromatic heterocycles. The van der Waals surface area contributed by atoms with Gasteiger partial charge in [0.05, 0.1) is 11.6 Å². The molecule has 1 amide bonds. The molecule has 4 nitrogen and oxygen atoms in total. The van der Waals surface area contributed by atoms with Crippen molar-refractivity contribution in [1.82, 2.24) is 4.90 Å². The van der Waals surface area contributed by atoms with E-state index in [-0.39, 0.29) is 5.91 Å². The first-order valence-corrected chi connectivity index (χ1v) is 7.07. The lowest BCUT2D eigenvalue weighted by molar-refractivity contribution is 0.0701. The first-order valence-electron chi connectivity index (χ1n) is 5.86. The molecule has 0 fully saturated rings. The Bertz CT molecular complexity index is 437. The third kappa shape index (κ3) is 5.67. The quantitative estimate of drug-likeness (QED) is 0.770. The average molecular weight is 345 g/mol. The van der Waals surface area contributed by atoms with Crippen molar-refractivity contribution in [2.45, 2.75) is 6.42 Å². The number of amides is 1. The Labute approximate surface area is 127 Å². The van der Waals surface area contributed by atoms with Crippen LogP contribution in [0.2, 0.25) is 0 Å². The van der Waals surface area contributed by atoms with Gasteiger partial charge in [-0.1, -0.05) is 28.1 Å². The molecule has 0 saturated carbocycles. The molecule has 1 rings (SSSR count). The van der Waals surface area contributed by atoms with E-state index in [2.05, 4.69) is 15.9 Å². The van der Waals surface area contributed by atoms with Crippen LogP contribution < -0.4 is 5.73 Å². The van der Waals surface area contributed by atoms with Crippen LogP contribution in [-0.2, 0) is 4.74 Å². The number of hydrogen-bond donors (Lipinski definition) is 1. The maximum Gasteiger partial charge on any atom is 0.253 e. The van der Waals surface area contributed by atoms with Gasteiger partial charge in [-0.2, -0.15) is 0 Å². The number of nitrogens with zero attached hydrogens (tertiary/aromatic N) is 1. The van der Waals surface area contributed by atoms with Gasteiger partial charge in [0.1, 0.15) is 0 Å². The van der Waals surface area contributed by atoms with E-state index in [4.69, 9.17) is 22.7 Å². The highest BCUT2D eigenvalue weighted by Gasteiger charge is 2.15. The molecule has 0 aliphatic rings. The Hall–Kier alpha value is -0.980. The molecular weight excluding hydrogens is 328 g/mol. The van der Waals surface area contributed by atoms with Crippen molar-refractivity contribution < 1.29 is 9.53 Å². The Balaban J connectivity index is 2.74. The van der Waals surface area contributed by atoms with Crippen LogP contribution >= 0.6 is 28.1 Å². The Morgan fingerprint density at radius 3 is 2.53 bits per heavy atom. The summed E-state index contributed by atoms with van der Waals surface area (Å²) in [6, 6.07) is 7.25. The number of halogens is 1. The second-order valence-electron chi connectivity index (χ2n) is 4.01. The van der Waals surface area contributed by atoms with Crippen LogP contribution in [0.15, 0.2) is 28.7 Å². The van der Waals surface area contributed by atoms with Crippen LogP contribution in [-0.4, -0.2) is 42.6 Å². The van der Waals surface area contributed by atoms with Crippen LogP contribution in [0, 0.1) is 0 Å². The van der Waals surface area contributed by atoms with Gasteiger partial charge in [-0.15, -0.1) is 0 Å². The van der Waals surface area contributed by atoms with Gasteiger partial charge < -0.3 is 15.4 Å². The van der Waals surface area contributed by atoms with E-state index in [1.165, 1.54) is 0 Å². The number of benzene rings is 1. The fraction of sp³-hybridized carbons (Fsp3) is 0.385. The van der Waals surface area contributed by atoms with Gasteiger partial charge in [0.25, 0.3) is 5.91 Å². The summed E-state index contributed by atoms with van der Waals surface area (Å²) in [5.41, 5.74) is 6.13. The van der Waals surface area contributed by atoms with E-state index >= 15 is 0 Å². The number of thiocarbonyl (C=S) groups is 1. The molecule has 0 heterocycles. The van der Waals surface area contributed by atoms with Gasteiger partial charge in [-0.25, -0.2) is 0 Å². The predicted molar refractivity (Wildman–Crippen MR) is 83.3 cm³/mol. The van der Waals surface area contributed by atoms with Crippen LogP contribution in [0.3, 0.4) is 0 Å². The van der Waals surface area contributed by atoms with Crippen LogP contribution in [0.4, 0.5) is 0 Å². The summed E-state index contributed by atoms with van der Waals surface area (Å²) < 4.78 is 5.96. The first kappa shape index (κ1) is 16.1. The lowest BCUT2D eigenvalue weighted by Gasteiger charge is -2.22. The highest BCUT2D eigenvalue weighted by atomic mass is 79.9. The van der Waals surface area contributed by atoms with E-state index < -0.39 is 0 Å². The maximum atomic E-state index is 12.3. The number of rotatable bonds is 7. The maximum absolute atomic E-state index is 12.3. The van der Waals surface area contributed by atoms with Crippen molar-refractivity contribution in [3.05, 3.63) is 34.3 Å². The topological polar surface area (TPSA) is 55.6 Å². The number of carbonyl (C=O) groups is 1. The smallest absolute Gasteiger partial charge is 0.253 e. The molecule has 0 aliphatic carbocycles. The standard InChI is InChI=1S/C13H17BrN2O2S/c1-18-9-8-16(7-6-12(15)19)13(17)10-2-4-11(14)5-3-10/h2-5H,6-9H2,1H3,(H2,15,19). The van der Waals surface area contributed by atoms with Crippen molar-refractivity contribution in [2.24, 2.45) is 5.73 Å². The van der Waals surface area contributed by atoms with E-state index in [1.54, 1.807) is 24.1 Å². The van der Waals surface area contributed by atoms with Gasteiger partial charge in [0.2, 0.25) is 0 Å². The van der Waals surface area contributed by atoms with Crippen molar-refractivity contribution >= 4 is 39.0 Å². The second-order valence-corrected chi connectivity index (χ2v) is 5.45. The zero-order valence-corrected chi connectivity index (χ0v) is 13.2. The molecule has 0 unspecified atom stereocenters. The molecule has 0 aliphatic heterocycles. The van der Waals surface area contributed by atoms with Crippen molar-refractivity contribution in [3.8, 4) is 0 Å². The summed E-state index contributed by atoms with van der Waals surface area (Å²) in [6.45, 7) is 1.52. The third-order valence-electron chi connectivity index (χ3n) is 2.57. The summed E-state index contributed by atoms with van der Waals surface area (Å²) in [5, 5.41) is 0. The van der Waals surface area contributed by atoms with Gasteiger partial charge >= 0.3 is 0 Å². The highest BCUT2D eigenvalue weighted by Crippen LogP contribution is 2.12.